The van der Waals surface area contributed by atoms with E-state index in [0.717, 1.165) is 121 Å². The van der Waals surface area contributed by atoms with Gasteiger partial charge < -0.3 is 0 Å². The second-order valence-corrected chi connectivity index (χ2v) is 19.7. The summed E-state index contributed by atoms with van der Waals surface area (Å²) >= 11 is 2.37. The molecule has 0 N–H and O–H groups in total. The Morgan fingerprint density at radius 2 is 0.683 bits per heavy atom. The molecule has 2 aromatic heterocycles. The number of unbranched alkanes of at least 4 members (excludes halogenated alkanes) is 20. The number of halogens is 2. The SMILES string of the molecule is CCCCCCCCC1(CCCCCCCC)c2ccc3nsnc3c2-c2c(F)c3c(c(F)c21)-c1c(ccc2nsnc12)C3(CCCCCCCC)CCCCCCCC. The van der Waals surface area contributed by atoms with Gasteiger partial charge in [0.15, 0.2) is 0 Å². The summed E-state index contributed by atoms with van der Waals surface area (Å²) in [5.41, 5.74) is 7.72. The van der Waals surface area contributed by atoms with Crippen LogP contribution in [0.25, 0.3) is 44.3 Å². The van der Waals surface area contributed by atoms with Gasteiger partial charge in [0.1, 0.15) is 33.7 Å². The summed E-state index contributed by atoms with van der Waals surface area (Å²) in [5.74, 6) is -0.416. The van der Waals surface area contributed by atoms with E-state index in [1.54, 1.807) is 0 Å². The van der Waals surface area contributed by atoms with Crippen LogP contribution in [0, 0.1) is 11.6 Å². The van der Waals surface area contributed by atoms with Crippen LogP contribution >= 0.6 is 23.5 Å². The molecule has 8 heteroatoms. The van der Waals surface area contributed by atoms with Crippen LogP contribution in [0.15, 0.2) is 24.3 Å². The normalized spacial score (nSPS) is 14.6. The fraction of sp³-hybridized carbons (Fsp3) is 0.654. The lowest BCUT2D eigenvalue weighted by Crippen LogP contribution is -2.29. The number of aromatic nitrogens is 4. The Labute approximate surface area is 368 Å². The van der Waals surface area contributed by atoms with Crippen LogP contribution in [0.3, 0.4) is 0 Å². The topological polar surface area (TPSA) is 51.6 Å². The van der Waals surface area contributed by atoms with Gasteiger partial charge >= 0.3 is 0 Å². The van der Waals surface area contributed by atoms with Gasteiger partial charge in [0.2, 0.25) is 0 Å². The van der Waals surface area contributed by atoms with Crippen LogP contribution in [0.4, 0.5) is 8.78 Å². The molecule has 326 valence electrons. The monoisotopic (exact) mass is 855 g/mol. The molecule has 0 saturated carbocycles. The number of hydrogen-bond donors (Lipinski definition) is 0. The van der Waals surface area contributed by atoms with Crippen LogP contribution in [-0.2, 0) is 10.8 Å². The molecule has 0 radical (unpaired) electrons. The molecule has 0 fully saturated rings. The fourth-order valence-electron chi connectivity index (χ4n) is 11.5. The van der Waals surface area contributed by atoms with Crippen molar-refractivity contribution in [3.63, 3.8) is 0 Å². The van der Waals surface area contributed by atoms with E-state index in [-0.39, 0.29) is 11.6 Å². The molecule has 7 rings (SSSR count). The van der Waals surface area contributed by atoms with Gasteiger partial charge in [0.05, 0.1) is 23.5 Å². The van der Waals surface area contributed by atoms with E-state index in [0.29, 0.717) is 22.3 Å². The molecule has 0 bridgehead atoms. The average Bonchev–Trinajstić information content (AvgIpc) is 4.05. The van der Waals surface area contributed by atoms with Crippen molar-refractivity contribution in [2.45, 2.75) is 218 Å². The summed E-state index contributed by atoms with van der Waals surface area (Å²) < 4.78 is 57.2. The Morgan fingerprint density at radius 3 is 1.00 bits per heavy atom. The number of rotatable bonds is 28. The summed E-state index contributed by atoms with van der Waals surface area (Å²) in [5, 5.41) is 0. The molecule has 3 aromatic carbocycles. The van der Waals surface area contributed by atoms with E-state index < -0.39 is 10.8 Å². The van der Waals surface area contributed by atoms with Gasteiger partial charge in [-0.3, -0.25) is 0 Å². The molecule has 0 atom stereocenters. The minimum Gasteiger partial charge on any atom is -0.206 e. The molecule has 0 saturated heterocycles. The molecule has 60 heavy (non-hydrogen) atoms. The van der Waals surface area contributed by atoms with Crippen LogP contribution in [-0.4, -0.2) is 17.5 Å². The molecule has 2 aliphatic carbocycles. The largest absolute Gasteiger partial charge is 0.206 e. The Kier molecular flexibility index (Phi) is 16.2. The van der Waals surface area contributed by atoms with Crippen molar-refractivity contribution in [2.24, 2.45) is 0 Å². The van der Waals surface area contributed by atoms with Crippen molar-refractivity contribution in [2.75, 3.05) is 0 Å². The summed E-state index contributed by atoms with van der Waals surface area (Å²) in [4.78, 5) is 0. The van der Waals surface area contributed by atoms with Crippen LogP contribution in [0.5, 0.6) is 0 Å². The first-order valence-corrected chi connectivity index (χ1v) is 26.0. The second-order valence-electron chi connectivity index (χ2n) is 18.6. The Balaban J connectivity index is 1.44. The number of fused-ring (bicyclic) bond motifs is 10. The van der Waals surface area contributed by atoms with E-state index in [4.69, 9.17) is 8.75 Å². The summed E-state index contributed by atoms with van der Waals surface area (Å²) in [6.45, 7) is 9.04. The van der Waals surface area contributed by atoms with Crippen LogP contribution < -0.4 is 0 Å². The first-order valence-electron chi connectivity index (χ1n) is 24.6. The maximum Gasteiger partial charge on any atom is 0.136 e. The molecular formula is C52H72F2N4S2. The number of hydrogen-bond acceptors (Lipinski definition) is 6. The highest BCUT2D eigenvalue weighted by molar-refractivity contribution is 7.00. The van der Waals surface area contributed by atoms with Crippen molar-refractivity contribution < 1.29 is 8.78 Å². The smallest absolute Gasteiger partial charge is 0.136 e. The minimum atomic E-state index is -0.643. The quantitative estimate of drug-likeness (QED) is 0.0470. The van der Waals surface area contributed by atoms with Gasteiger partial charge in [-0.05, 0) is 48.9 Å². The van der Waals surface area contributed by atoms with Crippen LogP contribution in [0.2, 0.25) is 0 Å². The van der Waals surface area contributed by atoms with Crippen molar-refractivity contribution in [3.8, 4) is 22.3 Å². The predicted octanol–water partition coefficient (Wildman–Crippen LogP) is 17.5. The molecule has 4 nitrogen and oxygen atoms in total. The molecular weight excluding hydrogens is 783 g/mol. The molecule has 0 aliphatic heterocycles. The van der Waals surface area contributed by atoms with Gasteiger partial charge in [0.25, 0.3) is 0 Å². The molecule has 5 aromatic rings. The van der Waals surface area contributed by atoms with Gasteiger partial charge in [-0.1, -0.05) is 194 Å². The summed E-state index contributed by atoms with van der Waals surface area (Å²) in [6, 6.07) is 8.53. The first kappa shape index (κ1) is 45.2. The Hall–Kier alpha value is -2.84. The third-order valence-electron chi connectivity index (χ3n) is 14.6. The van der Waals surface area contributed by atoms with Crippen molar-refractivity contribution in [3.05, 3.63) is 58.2 Å². The van der Waals surface area contributed by atoms with E-state index in [1.807, 2.05) is 0 Å². The molecule has 0 amide bonds. The summed E-state index contributed by atoms with van der Waals surface area (Å²) in [7, 11) is 0. The standard InChI is InChI=1S/C52H72F2N4S2/c1-5-9-13-17-21-25-33-51(34-26-22-18-14-10-6-2)37-29-31-39-49(57-59-55-39)41(37)43-45(51)47(53)44-42-38(30-32-40-50(42)58-60-56-40)52(46(44)48(43)54,35-27-23-19-15-11-7-3)36-28-24-20-16-12-8-4/h29-32H,5-28,33-36H2,1-4H3. The average molecular weight is 855 g/mol. The first-order chi connectivity index (χ1) is 29.5. The maximum absolute atomic E-state index is 19.1. The number of benzene rings is 3. The van der Waals surface area contributed by atoms with E-state index in [1.165, 1.54) is 126 Å². The maximum atomic E-state index is 19.1. The Morgan fingerprint density at radius 1 is 0.383 bits per heavy atom. The zero-order valence-corrected chi connectivity index (χ0v) is 39.1. The molecule has 2 heterocycles. The second kappa shape index (κ2) is 21.5. The number of nitrogens with zero attached hydrogens (tertiary/aromatic N) is 4. The third kappa shape index (κ3) is 8.86. The Bertz CT molecular complexity index is 1970. The molecule has 2 aliphatic rings. The highest BCUT2D eigenvalue weighted by Crippen LogP contribution is 2.64. The molecule has 0 unspecified atom stereocenters. The fourth-order valence-corrected chi connectivity index (χ4v) is 12.5. The van der Waals surface area contributed by atoms with Gasteiger partial charge in [-0.15, -0.1) is 0 Å². The lowest BCUT2D eigenvalue weighted by Gasteiger charge is -2.35. The van der Waals surface area contributed by atoms with Gasteiger partial charge in [-0.2, -0.15) is 17.5 Å². The lowest BCUT2D eigenvalue weighted by atomic mass is 9.68. The van der Waals surface area contributed by atoms with Gasteiger partial charge in [0, 0.05) is 44.2 Å². The lowest BCUT2D eigenvalue weighted by molar-refractivity contribution is 0.375. The highest BCUT2D eigenvalue weighted by atomic mass is 32.1. The van der Waals surface area contributed by atoms with E-state index in [9.17, 15) is 0 Å². The highest BCUT2D eigenvalue weighted by Gasteiger charge is 2.54. The van der Waals surface area contributed by atoms with Gasteiger partial charge in [-0.25, -0.2) is 8.78 Å². The zero-order valence-electron chi connectivity index (χ0n) is 37.5. The van der Waals surface area contributed by atoms with Crippen LogP contribution in [0.1, 0.15) is 230 Å². The molecule has 0 spiro atoms. The summed E-state index contributed by atoms with van der Waals surface area (Å²) in [6.07, 6.45) is 31.0. The predicted molar refractivity (Wildman–Crippen MR) is 253 cm³/mol. The van der Waals surface area contributed by atoms with Crippen molar-refractivity contribution in [1.29, 1.82) is 0 Å². The van der Waals surface area contributed by atoms with E-state index in [2.05, 4.69) is 60.7 Å². The minimum absolute atomic E-state index is 0.208. The van der Waals surface area contributed by atoms with Crippen molar-refractivity contribution in [1.82, 2.24) is 17.5 Å². The zero-order chi connectivity index (χ0) is 42.0. The van der Waals surface area contributed by atoms with E-state index >= 15 is 8.78 Å². The van der Waals surface area contributed by atoms with Crippen molar-refractivity contribution >= 4 is 45.5 Å². The third-order valence-corrected chi connectivity index (χ3v) is 15.6.